The Morgan fingerprint density at radius 2 is 1.77 bits per heavy atom. The van der Waals surface area contributed by atoms with E-state index in [1.807, 2.05) is 60.7 Å². The van der Waals surface area contributed by atoms with Crippen LogP contribution in [0.3, 0.4) is 0 Å². The Morgan fingerprint density at radius 3 is 2.47 bits per heavy atom. The van der Waals surface area contributed by atoms with E-state index in [1.54, 1.807) is 28.0 Å². The largest absolute Gasteiger partial charge is 0.279 e. The van der Waals surface area contributed by atoms with Gasteiger partial charge in [0.15, 0.2) is 5.13 Å². The van der Waals surface area contributed by atoms with Gasteiger partial charge < -0.3 is 0 Å². The van der Waals surface area contributed by atoms with Crippen molar-refractivity contribution in [2.45, 2.75) is 37.5 Å². The molecule has 0 spiro atoms. The molecule has 0 unspecified atom stereocenters. The van der Waals surface area contributed by atoms with Crippen LogP contribution in [0.25, 0.3) is 10.2 Å². The standard InChI is InChI=1S/C25H24N2OS2/c1-17(2)29-21-12-10-20(11-13-21)24(28)27(16-19-7-5-4-6-8-19)25-26-22-14-9-18(3)15-23(22)30-25/h4-15,17H,16H2,1-3H3. The predicted octanol–water partition coefficient (Wildman–Crippen LogP) is 6.95. The minimum Gasteiger partial charge on any atom is -0.279 e. The fraction of sp³-hybridized carbons (Fsp3) is 0.200. The Bertz CT molecular complexity index is 1150. The molecule has 1 heterocycles. The first-order valence-electron chi connectivity index (χ1n) is 9.99. The van der Waals surface area contributed by atoms with E-state index in [-0.39, 0.29) is 5.91 Å². The number of carbonyl (C=O) groups excluding carboxylic acids is 1. The molecule has 5 heteroatoms. The molecule has 152 valence electrons. The van der Waals surface area contributed by atoms with Crippen LogP contribution in [-0.4, -0.2) is 16.1 Å². The molecule has 0 fully saturated rings. The molecule has 3 aromatic carbocycles. The highest BCUT2D eigenvalue weighted by atomic mass is 32.2. The maximum atomic E-state index is 13.5. The maximum absolute atomic E-state index is 13.5. The van der Waals surface area contributed by atoms with Gasteiger partial charge in [0.1, 0.15) is 0 Å². The molecular weight excluding hydrogens is 408 g/mol. The first-order chi connectivity index (χ1) is 14.5. The number of carbonyl (C=O) groups is 1. The van der Waals surface area contributed by atoms with Crippen LogP contribution in [0.2, 0.25) is 0 Å². The zero-order valence-corrected chi connectivity index (χ0v) is 19.0. The summed E-state index contributed by atoms with van der Waals surface area (Å²) in [5.74, 6) is -0.0317. The second-order valence-electron chi connectivity index (χ2n) is 7.54. The maximum Gasteiger partial charge on any atom is 0.260 e. The number of thiazole rings is 1. The van der Waals surface area contributed by atoms with E-state index < -0.39 is 0 Å². The molecule has 0 aliphatic carbocycles. The number of rotatable bonds is 6. The highest BCUT2D eigenvalue weighted by Gasteiger charge is 2.22. The lowest BCUT2D eigenvalue weighted by molar-refractivity contribution is 0.0985. The fourth-order valence-electron chi connectivity index (χ4n) is 3.23. The zero-order valence-electron chi connectivity index (χ0n) is 17.3. The minimum atomic E-state index is -0.0317. The molecular formula is C25H24N2OS2. The van der Waals surface area contributed by atoms with Crippen molar-refractivity contribution < 1.29 is 4.79 Å². The van der Waals surface area contributed by atoms with Gasteiger partial charge in [0.25, 0.3) is 5.91 Å². The summed E-state index contributed by atoms with van der Waals surface area (Å²) in [5.41, 5.74) is 3.87. The van der Waals surface area contributed by atoms with Gasteiger partial charge >= 0.3 is 0 Å². The molecule has 0 atom stereocenters. The third kappa shape index (κ3) is 4.74. The van der Waals surface area contributed by atoms with Crippen LogP contribution in [0.4, 0.5) is 5.13 Å². The van der Waals surface area contributed by atoms with Gasteiger partial charge in [0.05, 0.1) is 16.8 Å². The topological polar surface area (TPSA) is 33.2 Å². The second-order valence-corrected chi connectivity index (χ2v) is 10.2. The van der Waals surface area contributed by atoms with Crippen molar-refractivity contribution in [3.05, 3.63) is 89.5 Å². The monoisotopic (exact) mass is 432 g/mol. The summed E-state index contributed by atoms with van der Waals surface area (Å²) < 4.78 is 1.10. The molecule has 0 aliphatic rings. The first-order valence-corrected chi connectivity index (χ1v) is 11.7. The number of fused-ring (bicyclic) bond motifs is 1. The second kappa shape index (κ2) is 9.02. The van der Waals surface area contributed by atoms with Crippen LogP contribution < -0.4 is 4.90 Å². The van der Waals surface area contributed by atoms with Gasteiger partial charge in [0.2, 0.25) is 0 Å². The lowest BCUT2D eigenvalue weighted by Gasteiger charge is -2.20. The third-order valence-corrected chi connectivity index (χ3v) is 6.72. The van der Waals surface area contributed by atoms with Gasteiger partial charge in [-0.15, -0.1) is 11.8 Å². The number of hydrogen-bond acceptors (Lipinski definition) is 4. The van der Waals surface area contributed by atoms with E-state index in [0.717, 1.165) is 20.9 Å². The fourth-order valence-corrected chi connectivity index (χ4v) is 5.13. The molecule has 0 bridgehead atoms. The molecule has 0 aliphatic heterocycles. The van der Waals surface area contributed by atoms with Gasteiger partial charge in [-0.3, -0.25) is 9.69 Å². The lowest BCUT2D eigenvalue weighted by Crippen LogP contribution is -2.30. The number of anilines is 1. The number of benzene rings is 3. The van der Waals surface area contributed by atoms with Crippen LogP contribution in [-0.2, 0) is 6.54 Å². The molecule has 1 amide bonds. The summed E-state index contributed by atoms with van der Waals surface area (Å²) in [7, 11) is 0. The summed E-state index contributed by atoms with van der Waals surface area (Å²) in [6.07, 6.45) is 0. The van der Waals surface area contributed by atoms with E-state index in [9.17, 15) is 4.79 Å². The average Bonchev–Trinajstić information content (AvgIpc) is 3.15. The van der Waals surface area contributed by atoms with E-state index >= 15 is 0 Å². The van der Waals surface area contributed by atoms with Crippen LogP contribution in [0, 0.1) is 6.92 Å². The highest BCUT2D eigenvalue weighted by molar-refractivity contribution is 7.99. The third-order valence-electron chi connectivity index (χ3n) is 4.67. The van der Waals surface area contributed by atoms with Crippen molar-refractivity contribution in [1.82, 2.24) is 4.98 Å². The molecule has 4 aromatic rings. The van der Waals surface area contributed by atoms with Crippen molar-refractivity contribution in [1.29, 1.82) is 0 Å². The van der Waals surface area contributed by atoms with Gasteiger partial charge in [-0.05, 0) is 54.4 Å². The van der Waals surface area contributed by atoms with Crippen LogP contribution in [0.15, 0.2) is 77.7 Å². The number of aryl methyl sites for hydroxylation is 1. The molecule has 0 saturated carbocycles. The lowest BCUT2D eigenvalue weighted by atomic mass is 10.1. The molecule has 0 N–H and O–H groups in total. The van der Waals surface area contributed by atoms with Crippen molar-refractivity contribution in [3.8, 4) is 0 Å². The van der Waals surface area contributed by atoms with Gasteiger partial charge in [-0.25, -0.2) is 4.98 Å². The molecule has 0 radical (unpaired) electrons. The minimum absolute atomic E-state index is 0.0317. The number of aromatic nitrogens is 1. The summed E-state index contributed by atoms with van der Waals surface area (Å²) in [6, 6.07) is 24.2. The van der Waals surface area contributed by atoms with Gasteiger partial charge in [0, 0.05) is 15.7 Å². The Labute approximate surface area is 185 Å². The Balaban J connectivity index is 1.69. The highest BCUT2D eigenvalue weighted by Crippen LogP contribution is 2.32. The molecule has 3 nitrogen and oxygen atoms in total. The Kier molecular flexibility index (Phi) is 6.21. The number of thioether (sulfide) groups is 1. The van der Waals surface area contributed by atoms with Crippen LogP contribution in [0.1, 0.15) is 35.3 Å². The average molecular weight is 433 g/mol. The number of hydrogen-bond donors (Lipinski definition) is 0. The molecule has 0 saturated heterocycles. The Hall–Kier alpha value is -2.63. The van der Waals surface area contributed by atoms with E-state index in [4.69, 9.17) is 4.98 Å². The summed E-state index contributed by atoms with van der Waals surface area (Å²) in [5, 5.41) is 1.23. The number of nitrogens with zero attached hydrogens (tertiary/aromatic N) is 2. The first kappa shape index (κ1) is 20.6. The summed E-state index contributed by atoms with van der Waals surface area (Å²) >= 11 is 3.36. The van der Waals surface area contributed by atoms with Crippen LogP contribution in [0.5, 0.6) is 0 Å². The summed E-state index contributed by atoms with van der Waals surface area (Å²) in [6.45, 7) is 6.89. The number of amides is 1. The van der Waals surface area contributed by atoms with Gasteiger partial charge in [-0.2, -0.15) is 0 Å². The molecule has 30 heavy (non-hydrogen) atoms. The van der Waals surface area contributed by atoms with Gasteiger partial charge in [-0.1, -0.05) is 61.6 Å². The van der Waals surface area contributed by atoms with E-state index in [2.05, 4.69) is 32.9 Å². The summed E-state index contributed by atoms with van der Waals surface area (Å²) in [4.78, 5) is 21.3. The molecule has 1 aromatic heterocycles. The predicted molar refractivity (Wildman–Crippen MR) is 129 cm³/mol. The van der Waals surface area contributed by atoms with Crippen molar-refractivity contribution in [3.63, 3.8) is 0 Å². The normalized spacial score (nSPS) is 11.2. The Morgan fingerprint density at radius 1 is 1.03 bits per heavy atom. The van der Waals surface area contributed by atoms with Crippen molar-refractivity contribution in [2.24, 2.45) is 0 Å². The zero-order chi connectivity index (χ0) is 21.1. The SMILES string of the molecule is Cc1ccc2nc(N(Cc3ccccc3)C(=O)c3ccc(SC(C)C)cc3)sc2c1. The van der Waals surface area contributed by atoms with Crippen molar-refractivity contribution in [2.75, 3.05) is 4.90 Å². The quantitative estimate of drug-likeness (QED) is 0.309. The smallest absolute Gasteiger partial charge is 0.260 e. The van der Waals surface area contributed by atoms with Crippen LogP contribution >= 0.6 is 23.1 Å². The van der Waals surface area contributed by atoms with Crippen molar-refractivity contribution >= 4 is 44.4 Å². The van der Waals surface area contributed by atoms with E-state index in [0.29, 0.717) is 17.4 Å². The molecule has 4 rings (SSSR count). The van der Waals surface area contributed by atoms with E-state index in [1.165, 1.54) is 10.5 Å².